The zero-order valence-corrected chi connectivity index (χ0v) is 19.7. The van der Waals surface area contributed by atoms with Crippen LogP contribution in [0.2, 0.25) is 0 Å². The van der Waals surface area contributed by atoms with Gasteiger partial charge >= 0.3 is 12.2 Å². The highest BCUT2D eigenvalue weighted by Gasteiger charge is 2.30. The number of carbonyl (C=O) groups is 2. The highest BCUT2D eigenvalue weighted by molar-refractivity contribution is 6.03. The van der Waals surface area contributed by atoms with Gasteiger partial charge in [-0.3, -0.25) is 9.69 Å². The van der Waals surface area contributed by atoms with Gasteiger partial charge < -0.3 is 25.6 Å². The van der Waals surface area contributed by atoms with Crippen molar-refractivity contribution < 1.29 is 27.5 Å². The summed E-state index contributed by atoms with van der Waals surface area (Å²) in [6, 6.07) is 8.43. The van der Waals surface area contributed by atoms with Crippen molar-refractivity contribution in [1.82, 2.24) is 10.2 Å². The highest BCUT2D eigenvalue weighted by Crippen LogP contribution is 2.30. The number of alkyl halides is 3. The van der Waals surface area contributed by atoms with Crippen LogP contribution in [0.4, 0.5) is 35.0 Å². The van der Waals surface area contributed by atoms with Gasteiger partial charge in [-0.1, -0.05) is 0 Å². The van der Waals surface area contributed by atoms with E-state index in [1.165, 1.54) is 12.1 Å². The molecule has 1 aliphatic heterocycles. The number of hydrogen-bond donors (Lipinski definition) is 3. The smallest absolute Gasteiger partial charge is 0.379 e. The standard InChI is InChI=1S/C24H30F3N5O3/c1-31(2)21-9-8-19(30-23(34)29-18-6-4-17(5-7-18)24(25,26)27)16-20(21)22(33)28-10-3-11-32-12-14-35-15-13-32/h4-9,16H,3,10-15H2,1-2H3,(H,28,33)(H2,29,30,34). The molecule has 0 aromatic heterocycles. The van der Waals surface area contributed by atoms with Crippen LogP contribution in [0.5, 0.6) is 0 Å². The van der Waals surface area contributed by atoms with Crippen molar-refractivity contribution in [3.8, 4) is 0 Å². The number of benzene rings is 2. The first-order valence-electron chi connectivity index (χ1n) is 11.3. The molecule has 3 amide bonds. The van der Waals surface area contributed by atoms with E-state index in [9.17, 15) is 22.8 Å². The van der Waals surface area contributed by atoms with Crippen molar-refractivity contribution in [2.75, 3.05) is 69.0 Å². The van der Waals surface area contributed by atoms with Crippen LogP contribution in [0.15, 0.2) is 42.5 Å². The van der Waals surface area contributed by atoms with Crippen LogP contribution < -0.4 is 20.9 Å². The minimum atomic E-state index is -4.45. The Hall–Kier alpha value is -3.31. The second-order valence-corrected chi connectivity index (χ2v) is 8.34. The van der Waals surface area contributed by atoms with Crippen molar-refractivity contribution in [2.24, 2.45) is 0 Å². The van der Waals surface area contributed by atoms with Gasteiger partial charge in [0.25, 0.3) is 5.91 Å². The van der Waals surface area contributed by atoms with Gasteiger partial charge in [0.05, 0.1) is 24.3 Å². The zero-order valence-electron chi connectivity index (χ0n) is 19.7. The van der Waals surface area contributed by atoms with E-state index < -0.39 is 17.8 Å². The molecule has 0 spiro atoms. The van der Waals surface area contributed by atoms with E-state index in [4.69, 9.17) is 4.74 Å². The molecule has 2 aromatic rings. The lowest BCUT2D eigenvalue weighted by atomic mass is 10.1. The molecule has 0 aliphatic carbocycles. The second-order valence-electron chi connectivity index (χ2n) is 8.34. The average Bonchev–Trinajstić information content (AvgIpc) is 2.82. The summed E-state index contributed by atoms with van der Waals surface area (Å²) in [7, 11) is 3.63. The number of rotatable bonds is 8. The zero-order chi connectivity index (χ0) is 25.4. The van der Waals surface area contributed by atoms with Gasteiger partial charge in [-0.05, 0) is 55.4 Å². The van der Waals surface area contributed by atoms with Crippen molar-refractivity contribution in [3.05, 3.63) is 53.6 Å². The summed E-state index contributed by atoms with van der Waals surface area (Å²) >= 11 is 0. The SMILES string of the molecule is CN(C)c1ccc(NC(=O)Nc2ccc(C(F)(F)F)cc2)cc1C(=O)NCCCN1CCOCC1. The van der Waals surface area contributed by atoms with Crippen LogP contribution >= 0.6 is 0 Å². The van der Waals surface area contributed by atoms with Gasteiger partial charge in [0.15, 0.2) is 0 Å². The Morgan fingerprint density at radius 2 is 1.63 bits per heavy atom. The molecule has 0 saturated carbocycles. The van der Waals surface area contributed by atoms with Gasteiger partial charge in [-0.15, -0.1) is 0 Å². The molecule has 3 rings (SSSR count). The molecule has 1 fully saturated rings. The lowest BCUT2D eigenvalue weighted by Crippen LogP contribution is -2.38. The Balaban J connectivity index is 1.58. The number of hydrogen-bond acceptors (Lipinski definition) is 5. The predicted molar refractivity (Wildman–Crippen MR) is 129 cm³/mol. The van der Waals surface area contributed by atoms with Crippen molar-refractivity contribution in [1.29, 1.82) is 0 Å². The summed E-state index contributed by atoms with van der Waals surface area (Å²) in [5.41, 5.74) is 0.860. The molecule has 35 heavy (non-hydrogen) atoms. The summed E-state index contributed by atoms with van der Waals surface area (Å²) in [5, 5.41) is 8.03. The van der Waals surface area contributed by atoms with Gasteiger partial charge in [-0.2, -0.15) is 13.2 Å². The summed E-state index contributed by atoms with van der Waals surface area (Å²) in [6.45, 7) is 4.61. The molecule has 190 valence electrons. The summed E-state index contributed by atoms with van der Waals surface area (Å²) in [5.74, 6) is -0.262. The summed E-state index contributed by atoms with van der Waals surface area (Å²) in [4.78, 5) is 29.3. The number of morpholine rings is 1. The maximum absolute atomic E-state index is 12.9. The van der Waals surface area contributed by atoms with E-state index in [1.54, 1.807) is 23.1 Å². The molecule has 1 saturated heterocycles. The highest BCUT2D eigenvalue weighted by atomic mass is 19.4. The number of carbonyl (C=O) groups excluding carboxylic acids is 2. The minimum absolute atomic E-state index is 0.207. The Kier molecular flexibility index (Phi) is 8.94. The minimum Gasteiger partial charge on any atom is -0.379 e. The van der Waals surface area contributed by atoms with Gasteiger partial charge in [0.2, 0.25) is 0 Å². The number of anilines is 3. The molecule has 3 N–H and O–H groups in total. The largest absolute Gasteiger partial charge is 0.416 e. The molecule has 0 bridgehead atoms. The number of urea groups is 1. The van der Waals surface area contributed by atoms with E-state index in [0.29, 0.717) is 23.5 Å². The van der Waals surface area contributed by atoms with E-state index in [1.807, 2.05) is 14.1 Å². The second kappa shape index (κ2) is 11.9. The Labute approximate surface area is 202 Å². The molecule has 11 heteroatoms. The van der Waals surface area contributed by atoms with Crippen LogP contribution in [0, 0.1) is 0 Å². The molecule has 0 radical (unpaired) electrons. The maximum atomic E-state index is 12.9. The first-order chi connectivity index (χ1) is 16.6. The lowest BCUT2D eigenvalue weighted by molar-refractivity contribution is -0.137. The first-order valence-corrected chi connectivity index (χ1v) is 11.3. The maximum Gasteiger partial charge on any atom is 0.416 e. The van der Waals surface area contributed by atoms with E-state index >= 15 is 0 Å². The predicted octanol–water partition coefficient (Wildman–Crippen LogP) is 3.87. The normalized spacial score (nSPS) is 14.3. The first kappa shape index (κ1) is 26.3. The van der Waals surface area contributed by atoms with E-state index in [2.05, 4.69) is 20.9 Å². The molecule has 1 aliphatic rings. The average molecular weight is 494 g/mol. The van der Waals surface area contributed by atoms with E-state index in [-0.39, 0.29) is 11.6 Å². The fraction of sp³-hybridized carbons (Fsp3) is 0.417. The number of nitrogens with one attached hydrogen (secondary N) is 3. The molecule has 1 heterocycles. The monoisotopic (exact) mass is 493 g/mol. The van der Waals surface area contributed by atoms with Gasteiger partial charge in [0.1, 0.15) is 0 Å². The molecule has 2 aromatic carbocycles. The third-order valence-corrected chi connectivity index (χ3v) is 5.49. The van der Waals surface area contributed by atoms with E-state index in [0.717, 1.165) is 51.4 Å². The third kappa shape index (κ3) is 7.86. The van der Waals surface area contributed by atoms with Crippen molar-refractivity contribution >= 4 is 29.0 Å². The van der Waals surface area contributed by atoms with Crippen LogP contribution in [0.1, 0.15) is 22.3 Å². The molecule has 0 atom stereocenters. The fourth-order valence-electron chi connectivity index (χ4n) is 3.65. The number of ether oxygens (including phenoxy) is 1. The van der Waals surface area contributed by atoms with Gasteiger partial charge in [0, 0.05) is 50.8 Å². The fourth-order valence-corrected chi connectivity index (χ4v) is 3.65. The Morgan fingerprint density at radius 1 is 1.00 bits per heavy atom. The lowest BCUT2D eigenvalue weighted by Gasteiger charge is -2.26. The van der Waals surface area contributed by atoms with Gasteiger partial charge in [-0.25, -0.2) is 4.79 Å². The summed E-state index contributed by atoms with van der Waals surface area (Å²) in [6.07, 6.45) is -3.65. The summed E-state index contributed by atoms with van der Waals surface area (Å²) < 4.78 is 43.4. The molecular formula is C24H30F3N5O3. The van der Waals surface area contributed by atoms with Crippen LogP contribution in [-0.4, -0.2) is 70.3 Å². The van der Waals surface area contributed by atoms with Crippen molar-refractivity contribution in [3.63, 3.8) is 0 Å². The Bertz CT molecular complexity index is 1010. The third-order valence-electron chi connectivity index (χ3n) is 5.49. The number of amides is 3. The van der Waals surface area contributed by atoms with Crippen LogP contribution in [-0.2, 0) is 10.9 Å². The number of halogens is 3. The van der Waals surface area contributed by atoms with Crippen LogP contribution in [0.25, 0.3) is 0 Å². The van der Waals surface area contributed by atoms with Crippen LogP contribution in [0.3, 0.4) is 0 Å². The molecule has 0 unspecified atom stereocenters. The molecular weight excluding hydrogens is 463 g/mol. The quantitative estimate of drug-likeness (QED) is 0.486. The number of nitrogens with zero attached hydrogens (tertiary/aromatic N) is 2. The molecule has 8 nitrogen and oxygen atoms in total. The van der Waals surface area contributed by atoms with Crippen molar-refractivity contribution in [2.45, 2.75) is 12.6 Å². The Morgan fingerprint density at radius 3 is 2.26 bits per heavy atom. The topological polar surface area (TPSA) is 85.9 Å².